The highest BCUT2D eigenvalue weighted by Crippen LogP contribution is 2.31. The number of hydrogen-bond donors (Lipinski definition) is 1. The Labute approximate surface area is 209 Å². The van der Waals surface area contributed by atoms with E-state index in [4.69, 9.17) is 11.6 Å². The lowest BCUT2D eigenvalue weighted by Crippen LogP contribution is -2.47. The fourth-order valence-corrected chi connectivity index (χ4v) is 4.49. The monoisotopic (exact) mass is 490 g/mol. The number of carbonyl (C=O) groups is 3. The Morgan fingerprint density at radius 1 is 0.971 bits per heavy atom. The second kappa shape index (κ2) is 11.2. The molecule has 1 unspecified atom stereocenters. The van der Waals surface area contributed by atoms with Gasteiger partial charge in [0.2, 0.25) is 5.91 Å². The van der Waals surface area contributed by atoms with Crippen molar-refractivity contribution in [3.8, 4) is 0 Å². The van der Waals surface area contributed by atoms with E-state index in [0.717, 1.165) is 32.1 Å². The maximum Gasteiger partial charge on any atom is 0.279 e. The predicted octanol–water partition coefficient (Wildman–Crippen LogP) is 5.17. The van der Waals surface area contributed by atoms with Gasteiger partial charge in [-0.05, 0) is 61.7 Å². The van der Waals surface area contributed by atoms with Crippen molar-refractivity contribution in [2.24, 2.45) is 0 Å². The topological polar surface area (TPSA) is 92.3 Å². The molecule has 0 bridgehead atoms. The standard InChI is InChI=1S/C27H27ClN4O3/c1-18(33)19-9-13-23(14-10-19)32(27(35)24-17-29-15-16-30-24)25(20-7-11-21(28)12-8-20)26(34)31-22-5-3-2-4-6-22/h7-17,22,25H,2-6H2,1H3,(H,31,34). The minimum atomic E-state index is -0.980. The number of halogens is 1. The van der Waals surface area contributed by atoms with Crippen LogP contribution in [0.1, 0.15) is 71.5 Å². The quantitative estimate of drug-likeness (QED) is 0.461. The SMILES string of the molecule is CC(=O)c1ccc(N(C(=O)c2cnccn2)C(C(=O)NC2CCCCC2)c2ccc(Cl)cc2)cc1. The van der Waals surface area contributed by atoms with Crippen molar-refractivity contribution in [1.82, 2.24) is 15.3 Å². The number of aromatic nitrogens is 2. The summed E-state index contributed by atoms with van der Waals surface area (Å²) in [4.78, 5) is 49.0. The zero-order chi connectivity index (χ0) is 24.8. The van der Waals surface area contributed by atoms with Crippen molar-refractivity contribution < 1.29 is 14.4 Å². The van der Waals surface area contributed by atoms with Gasteiger partial charge in [0, 0.05) is 34.7 Å². The fourth-order valence-electron chi connectivity index (χ4n) is 4.36. The normalized spacial score (nSPS) is 14.7. The molecule has 1 aliphatic rings. The molecule has 0 aliphatic heterocycles. The smallest absolute Gasteiger partial charge is 0.279 e. The number of nitrogens with one attached hydrogen (secondary N) is 1. The van der Waals surface area contributed by atoms with Gasteiger partial charge < -0.3 is 5.32 Å². The van der Waals surface area contributed by atoms with E-state index >= 15 is 0 Å². The molecule has 1 heterocycles. The van der Waals surface area contributed by atoms with Crippen LogP contribution in [0.4, 0.5) is 5.69 Å². The fraction of sp³-hybridized carbons (Fsp3) is 0.296. The summed E-state index contributed by atoms with van der Waals surface area (Å²) in [6, 6.07) is 12.6. The van der Waals surface area contributed by atoms with Gasteiger partial charge in [-0.15, -0.1) is 0 Å². The molecule has 2 amide bonds. The first-order valence-corrected chi connectivity index (χ1v) is 12.1. The molecule has 1 saturated carbocycles. The van der Waals surface area contributed by atoms with Crippen LogP contribution in [0.3, 0.4) is 0 Å². The highest BCUT2D eigenvalue weighted by Gasteiger charge is 2.35. The van der Waals surface area contributed by atoms with Crippen molar-refractivity contribution in [3.63, 3.8) is 0 Å². The lowest BCUT2D eigenvalue weighted by Gasteiger charge is -2.33. The maximum absolute atomic E-state index is 13.8. The minimum absolute atomic E-state index is 0.0552. The predicted molar refractivity (Wildman–Crippen MR) is 134 cm³/mol. The Kier molecular flexibility index (Phi) is 7.87. The number of hydrogen-bond acceptors (Lipinski definition) is 5. The molecule has 1 aromatic heterocycles. The average Bonchev–Trinajstić information content (AvgIpc) is 2.88. The first kappa shape index (κ1) is 24.5. The zero-order valence-corrected chi connectivity index (χ0v) is 20.2. The van der Waals surface area contributed by atoms with Crippen LogP contribution in [0.5, 0.6) is 0 Å². The molecular weight excluding hydrogens is 464 g/mol. The van der Waals surface area contributed by atoms with Crippen LogP contribution in [-0.2, 0) is 4.79 Å². The molecule has 1 atom stereocenters. The number of nitrogens with zero attached hydrogens (tertiary/aromatic N) is 3. The summed E-state index contributed by atoms with van der Waals surface area (Å²) < 4.78 is 0. The summed E-state index contributed by atoms with van der Waals surface area (Å²) in [6.07, 6.45) is 9.38. The molecule has 3 aromatic rings. The van der Waals surface area contributed by atoms with Crippen LogP contribution in [0, 0.1) is 0 Å². The van der Waals surface area contributed by atoms with Crippen LogP contribution in [-0.4, -0.2) is 33.6 Å². The van der Waals surface area contributed by atoms with Gasteiger partial charge in [0.05, 0.1) is 6.20 Å². The highest BCUT2D eigenvalue weighted by atomic mass is 35.5. The average molecular weight is 491 g/mol. The van der Waals surface area contributed by atoms with Gasteiger partial charge in [-0.2, -0.15) is 0 Å². The molecule has 0 saturated heterocycles. The van der Waals surface area contributed by atoms with E-state index < -0.39 is 11.9 Å². The summed E-state index contributed by atoms with van der Waals surface area (Å²) in [5.41, 5.74) is 1.68. The molecule has 35 heavy (non-hydrogen) atoms. The van der Waals surface area contributed by atoms with Crippen LogP contribution in [0.15, 0.2) is 67.1 Å². The molecule has 2 aromatic carbocycles. The lowest BCUT2D eigenvalue weighted by molar-refractivity contribution is -0.123. The van der Waals surface area contributed by atoms with Gasteiger partial charge in [-0.25, -0.2) is 4.98 Å². The van der Waals surface area contributed by atoms with Crippen LogP contribution >= 0.6 is 11.6 Å². The number of benzene rings is 2. The second-order valence-electron chi connectivity index (χ2n) is 8.67. The summed E-state index contributed by atoms with van der Waals surface area (Å²) in [6.45, 7) is 1.48. The number of carbonyl (C=O) groups excluding carboxylic acids is 3. The van der Waals surface area contributed by atoms with E-state index in [2.05, 4.69) is 15.3 Å². The van der Waals surface area contributed by atoms with Crippen molar-refractivity contribution in [3.05, 3.63) is 89.0 Å². The number of Topliss-reactive ketones (excluding diaryl/α,β-unsaturated/α-hetero) is 1. The third-order valence-electron chi connectivity index (χ3n) is 6.20. The number of ketones is 1. The van der Waals surface area contributed by atoms with Crippen LogP contribution in [0.2, 0.25) is 5.02 Å². The van der Waals surface area contributed by atoms with E-state index in [-0.39, 0.29) is 23.4 Å². The Bertz CT molecular complexity index is 1180. The Morgan fingerprint density at radius 3 is 2.26 bits per heavy atom. The van der Waals surface area contributed by atoms with Crippen molar-refractivity contribution in [1.29, 1.82) is 0 Å². The molecule has 0 radical (unpaired) electrons. The van der Waals surface area contributed by atoms with Gasteiger partial charge in [-0.1, -0.05) is 43.0 Å². The van der Waals surface area contributed by atoms with Crippen LogP contribution in [0.25, 0.3) is 0 Å². The molecule has 180 valence electrons. The molecular formula is C27H27ClN4O3. The van der Waals surface area contributed by atoms with Crippen molar-refractivity contribution in [2.45, 2.75) is 51.1 Å². The van der Waals surface area contributed by atoms with E-state index in [0.29, 0.717) is 21.8 Å². The Hall–Kier alpha value is -3.58. The van der Waals surface area contributed by atoms with Crippen molar-refractivity contribution >= 4 is 34.9 Å². The number of amides is 2. The Morgan fingerprint density at radius 2 is 1.66 bits per heavy atom. The van der Waals surface area contributed by atoms with E-state index in [1.807, 2.05) is 0 Å². The largest absolute Gasteiger partial charge is 0.351 e. The second-order valence-corrected chi connectivity index (χ2v) is 9.10. The van der Waals surface area contributed by atoms with Gasteiger partial charge >= 0.3 is 0 Å². The van der Waals surface area contributed by atoms with E-state index in [1.165, 1.54) is 30.4 Å². The molecule has 0 spiro atoms. The number of rotatable bonds is 7. The molecule has 7 nitrogen and oxygen atoms in total. The third kappa shape index (κ3) is 5.92. The first-order chi connectivity index (χ1) is 16.9. The summed E-state index contributed by atoms with van der Waals surface area (Å²) in [7, 11) is 0. The highest BCUT2D eigenvalue weighted by molar-refractivity contribution is 6.30. The lowest BCUT2D eigenvalue weighted by atomic mass is 9.94. The maximum atomic E-state index is 13.8. The summed E-state index contributed by atoms with van der Waals surface area (Å²) in [5.74, 6) is -0.854. The summed E-state index contributed by atoms with van der Waals surface area (Å²) >= 11 is 6.12. The molecule has 1 fully saturated rings. The van der Waals surface area contributed by atoms with Crippen LogP contribution < -0.4 is 10.2 Å². The molecule has 1 N–H and O–H groups in total. The van der Waals surface area contributed by atoms with E-state index in [9.17, 15) is 14.4 Å². The molecule has 1 aliphatic carbocycles. The van der Waals surface area contributed by atoms with Gasteiger partial charge in [0.15, 0.2) is 5.78 Å². The molecule has 4 rings (SSSR count). The van der Waals surface area contributed by atoms with E-state index in [1.54, 1.807) is 48.5 Å². The number of anilines is 1. The Balaban J connectivity index is 1.80. The minimum Gasteiger partial charge on any atom is -0.351 e. The summed E-state index contributed by atoms with van der Waals surface area (Å²) in [5, 5.41) is 3.69. The first-order valence-electron chi connectivity index (χ1n) is 11.7. The zero-order valence-electron chi connectivity index (χ0n) is 19.5. The van der Waals surface area contributed by atoms with Crippen molar-refractivity contribution in [2.75, 3.05) is 4.90 Å². The van der Waals surface area contributed by atoms with Gasteiger partial charge in [0.1, 0.15) is 11.7 Å². The third-order valence-corrected chi connectivity index (χ3v) is 6.45. The molecule has 8 heteroatoms. The van der Waals surface area contributed by atoms with Gasteiger partial charge in [0.25, 0.3) is 5.91 Å². The van der Waals surface area contributed by atoms with Gasteiger partial charge in [-0.3, -0.25) is 24.3 Å².